The number of aliphatic imine (C=N–C) groups is 1. The Morgan fingerprint density at radius 3 is 2.30 bits per heavy atom. The van der Waals surface area contributed by atoms with E-state index in [1.807, 2.05) is 43.3 Å². The van der Waals surface area contributed by atoms with E-state index in [2.05, 4.69) is 21.7 Å². The Balaban J connectivity index is 1.96. The van der Waals surface area contributed by atoms with Crippen molar-refractivity contribution in [2.45, 2.75) is 20.0 Å². The summed E-state index contributed by atoms with van der Waals surface area (Å²) in [5.74, 6) is 0.756. The molecule has 0 radical (unpaired) electrons. The molecular formula is C18H19ClN4. The van der Waals surface area contributed by atoms with Gasteiger partial charge in [-0.2, -0.15) is 5.26 Å². The summed E-state index contributed by atoms with van der Waals surface area (Å²) in [6.07, 6.45) is 0. The van der Waals surface area contributed by atoms with E-state index in [9.17, 15) is 0 Å². The van der Waals surface area contributed by atoms with Crippen molar-refractivity contribution in [3.8, 4) is 6.07 Å². The highest BCUT2D eigenvalue weighted by atomic mass is 35.5. The molecule has 2 aromatic carbocycles. The van der Waals surface area contributed by atoms with Crippen LogP contribution in [0.2, 0.25) is 5.02 Å². The minimum Gasteiger partial charge on any atom is -0.357 e. The lowest BCUT2D eigenvalue weighted by Crippen LogP contribution is -2.36. The van der Waals surface area contributed by atoms with Crippen molar-refractivity contribution < 1.29 is 0 Å². The predicted molar refractivity (Wildman–Crippen MR) is 94.3 cm³/mol. The van der Waals surface area contributed by atoms with E-state index in [1.54, 1.807) is 12.1 Å². The fraction of sp³-hybridized carbons (Fsp3) is 0.222. The van der Waals surface area contributed by atoms with Crippen LogP contribution in [-0.2, 0) is 13.1 Å². The molecule has 0 atom stereocenters. The van der Waals surface area contributed by atoms with Crippen LogP contribution in [0.1, 0.15) is 23.6 Å². The second-order valence-electron chi connectivity index (χ2n) is 4.98. The molecular weight excluding hydrogens is 308 g/mol. The maximum Gasteiger partial charge on any atom is 0.191 e. The van der Waals surface area contributed by atoms with Crippen LogP contribution in [0.3, 0.4) is 0 Å². The summed E-state index contributed by atoms with van der Waals surface area (Å²) < 4.78 is 0. The molecule has 0 aliphatic heterocycles. The molecule has 118 valence electrons. The second-order valence-corrected chi connectivity index (χ2v) is 5.42. The highest BCUT2D eigenvalue weighted by molar-refractivity contribution is 6.30. The van der Waals surface area contributed by atoms with Crippen molar-refractivity contribution >= 4 is 17.6 Å². The summed E-state index contributed by atoms with van der Waals surface area (Å²) in [7, 11) is 0. The monoisotopic (exact) mass is 326 g/mol. The Bertz CT molecular complexity index is 684. The first-order valence-corrected chi connectivity index (χ1v) is 7.84. The summed E-state index contributed by atoms with van der Waals surface area (Å²) in [6.45, 7) is 4.05. The fourth-order valence-corrected chi connectivity index (χ4v) is 2.11. The van der Waals surface area contributed by atoms with Gasteiger partial charge in [-0.05, 0) is 42.3 Å². The number of guanidine groups is 1. The molecule has 4 nitrogen and oxygen atoms in total. The SMILES string of the molecule is CCNC(=NCc1ccc(C#N)cc1)NCc1ccc(Cl)cc1. The number of hydrogen-bond acceptors (Lipinski definition) is 2. The average molecular weight is 327 g/mol. The summed E-state index contributed by atoms with van der Waals surface area (Å²) in [5.41, 5.74) is 2.86. The highest BCUT2D eigenvalue weighted by Gasteiger charge is 1.99. The van der Waals surface area contributed by atoms with E-state index in [-0.39, 0.29) is 0 Å². The predicted octanol–water partition coefficient (Wildman–Crippen LogP) is 3.47. The van der Waals surface area contributed by atoms with Gasteiger partial charge >= 0.3 is 0 Å². The van der Waals surface area contributed by atoms with Gasteiger partial charge in [-0.3, -0.25) is 0 Å². The fourth-order valence-electron chi connectivity index (χ4n) is 1.98. The van der Waals surface area contributed by atoms with E-state index in [0.717, 1.165) is 28.7 Å². The Morgan fingerprint density at radius 1 is 1.04 bits per heavy atom. The van der Waals surface area contributed by atoms with Crippen LogP contribution in [-0.4, -0.2) is 12.5 Å². The first kappa shape index (κ1) is 16.9. The number of nitrogens with zero attached hydrogens (tertiary/aromatic N) is 2. The molecule has 5 heteroatoms. The van der Waals surface area contributed by atoms with Gasteiger partial charge in [-0.1, -0.05) is 35.9 Å². The van der Waals surface area contributed by atoms with Crippen LogP contribution in [0.4, 0.5) is 0 Å². The molecule has 2 rings (SSSR count). The Hall–Kier alpha value is -2.51. The molecule has 2 N–H and O–H groups in total. The number of rotatable bonds is 5. The first-order valence-electron chi connectivity index (χ1n) is 7.47. The number of hydrogen-bond donors (Lipinski definition) is 2. The minimum absolute atomic E-state index is 0.557. The van der Waals surface area contributed by atoms with Crippen LogP contribution < -0.4 is 10.6 Å². The van der Waals surface area contributed by atoms with Crippen LogP contribution in [0.5, 0.6) is 0 Å². The van der Waals surface area contributed by atoms with Gasteiger partial charge in [0.05, 0.1) is 18.2 Å². The van der Waals surface area contributed by atoms with Crippen molar-refractivity contribution in [2.24, 2.45) is 4.99 Å². The summed E-state index contributed by atoms with van der Waals surface area (Å²) in [6, 6.07) is 17.3. The molecule has 0 bridgehead atoms. The minimum atomic E-state index is 0.557. The van der Waals surface area contributed by atoms with Crippen LogP contribution in [0.25, 0.3) is 0 Å². The van der Waals surface area contributed by atoms with E-state index in [0.29, 0.717) is 18.7 Å². The smallest absolute Gasteiger partial charge is 0.191 e. The van der Waals surface area contributed by atoms with Gasteiger partial charge in [0, 0.05) is 18.1 Å². The van der Waals surface area contributed by atoms with Crippen molar-refractivity contribution in [3.05, 3.63) is 70.2 Å². The van der Waals surface area contributed by atoms with Crippen molar-refractivity contribution in [2.75, 3.05) is 6.54 Å². The lowest BCUT2D eigenvalue weighted by Gasteiger charge is -2.11. The zero-order chi connectivity index (χ0) is 16.5. The normalized spacial score (nSPS) is 10.9. The van der Waals surface area contributed by atoms with Gasteiger partial charge in [-0.25, -0.2) is 4.99 Å². The van der Waals surface area contributed by atoms with Crippen LogP contribution >= 0.6 is 11.6 Å². The number of nitrogens with one attached hydrogen (secondary N) is 2. The molecule has 0 saturated carbocycles. The molecule has 0 aromatic heterocycles. The topological polar surface area (TPSA) is 60.2 Å². The largest absolute Gasteiger partial charge is 0.357 e. The Labute approximate surface area is 141 Å². The molecule has 2 aromatic rings. The highest BCUT2D eigenvalue weighted by Crippen LogP contribution is 2.09. The van der Waals surface area contributed by atoms with Crippen molar-refractivity contribution in [1.82, 2.24) is 10.6 Å². The van der Waals surface area contributed by atoms with Gasteiger partial charge in [0.15, 0.2) is 5.96 Å². The van der Waals surface area contributed by atoms with E-state index < -0.39 is 0 Å². The molecule has 0 heterocycles. The average Bonchev–Trinajstić information content (AvgIpc) is 2.59. The molecule has 0 amide bonds. The standard InChI is InChI=1S/C18H19ClN4/c1-2-21-18(23-13-16-7-9-17(19)10-8-16)22-12-15-5-3-14(11-20)4-6-15/h3-10H,2,12-13H2,1H3,(H2,21,22,23). The quantitative estimate of drug-likeness (QED) is 0.653. The number of benzene rings is 2. The molecule has 0 aliphatic rings. The summed E-state index contributed by atoms with van der Waals surface area (Å²) in [4.78, 5) is 4.56. The summed E-state index contributed by atoms with van der Waals surface area (Å²) in [5, 5.41) is 16.0. The maximum absolute atomic E-state index is 8.81. The van der Waals surface area contributed by atoms with Gasteiger partial charge in [0.1, 0.15) is 0 Å². The van der Waals surface area contributed by atoms with Gasteiger partial charge in [0.25, 0.3) is 0 Å². The third-order valence-corrected chi connectivity index (χ3v) is 3.47. The first-order chi connectivity index (χ1) is 11.2. The second kappa shape index (κ2) is 8.82. The van der Waals surface area contributed by atoms with Crippen molar-refractivity contribution in [1.29, 1.82) is 5.26 Å². The van der Waals surface area contributed by atoms with Gasteiger partial charge in [0.2, 0.25) is 0 Å². The lowest BCUT2D eigenvalue weighted by atomic mass is 10.1. The molecule has 0 spiro atoms. The van der Waals surface area contributed by atoms with E-state index in [1.165, 1.54) is 0 Å². The van der Waals surface area contributed by atoms with Gasteiger partial charge < -0.3 is 10.6 Å². The number of halogens is 1. The summed E-state index contributed by atoms with van der Waals surface area (Å²) >= 11 is 5.89. The zero-order valence-electron chi connectivity index (χ0n) is 13.0. The van der Waals surface area contributed by atoms with E-state index in [4.69, 9.17) is 16.9 Å². The van der Waals surface area contributed by atoms with E-state index >= 15 is 0 Å². The van der Waals surface area contributed by atoms with Gasteiger partial charge in [-0.15, -0.1) is 0 Å². The Kier molecular flexibility index (Phi) is 6.46. The van der Waals surface area contributed by atoms with Crippen LogP contribution in [0, 0.1) is 11.3 Å². The zero-order valence-corrected chi connectivity index (χ0v) is 13.8. The maximum atomic E-state index is 8.81. The molecule has 0 aliphatic carbocycles. The third-order valence-electron chi connectivity index (χ3n) is 3.22. The third kappa shape index (κ3) is 5.65. The lowest BCUT2D eigenvalue weighted by molar-refractivity contribution is 0.816. The molecule has 0 saturated heterocycles. The Morgan fingerprint density at radius 2 is 1.70 bits per heavy atom. The number of nitriles is 1. The molecule has 23 heavy (non-hydrogen) atoms. The molecule has 0 unspecified atom stereocenters. The van der Waals surface area contributed by atoms with Crippen LogP contribution in [0.15, 0.2) is 53.5 Å². The van der Waals surface area contributed by atoms with Crippen molar-refractivity contribution in [3.63, 3.8) is 0 Å². The molecule has 0 fully saturated rings.